The molecule has 0 amide bonds. The van der Waals surface area contributed by atoms with Crippen molar-refractivity contribution < 1.29 is 4.74 Å². The van der Waals surface area contributed by atoms with Crippen molar-refractivity contribution >= 4 is 0 Å². The highest BCUT2D eigenvalue weighted by atomic mass is 16.5. The molecule has 1 saturated heterocycles. The Labute approximate surface area is 77.9 Å². The van der Waals surface area contributed by atoms with E-state index in [4.69, 9.17) is 4.74 Å². The zero-order valence-corrected chi connectivity index (χ0v) is 7.55. The molecular weight excluding hydrogens is 162 g/mol. The maximum Gasteiger partial charge on any atom is 0.146 e. The highest BCUT2D eigenvalue weighted by Gasteiger charge is 2.41. The summed E-state index contributed by atoms with van der Waals surface area (Å²) in [5.74, 6) is 0. The third-order valence-electron chi connectivity index (χ3n) is 3.04. The van der Waals surface area contributed by atoms with Gasteiger partial charge in [-0.15, -0.1) is 0 Å². The Kier molecular flexibility index (Phi) is 1.49. The van der Waals surface area contributed by atoms with E-state index in [1.165, 1.54) is 17.5 Å². The van der Waals surface area contributed by atoms with Crippen molar-refractivity contribution in [1.82, 2.24) is 5.32 Å². The summed E-state index contributed by atoms with van der Waals surface area (Å²) in [6, 6.07) is 8.51. The van der Waals surface area contributed by atoms with Crippen LogP contribution < -0.4 is 5.32 Å². The second-order valence-corrected chi connectivity index (χ2v) is 3.80. The van der Waals surface area contributed by atoms with Crippen LogP contribution in [0.15, 0.2) is 24.3 Å². The van der Waals surface area contributed by atoms with E-state index in [9.17, 15) is 0 Å². The Morgan fingerprint density at radius 2 is 2.23 bits per heavy atom. The summed E-state index contributed by atoms with van der Waals surface area (Å²) < 4.78 is 5.86. The second-order valence-electron chi connectivity index (χ2n) is 3.80. The first-order chi connectivity index (χ1) is 6.41. The van der Waals surface area contributed by atoms with Crippen molar-refractivity contribution in [3.63, 3.8) is 0 Å². The van der Waals surface area contributed by atoms with E-state index >= 15 is 0 Å². The number of nitrogens with one attached hydrogen (secondary N) is 1. The predicted molar refractivity (Wildman–Crippen MR) is 50.1 cm³/mol. The second kappa shape index (κ2) is 2.56. The quantitative estimate of drug-likeness (QED) is 0.648. The molecule has 1 aromatic rings. The van der Waals surface area contributed by atoms with Crippen molar-refractivity contribution in [2.24, 2.45) is 0 Å². The van der Waals surface area contributed by atoms with Gasteiger partial charge in [-0.2, -0.15) is 0 Å². The van der Waals surface area contributed by atoms with Gasteiger partial charge in [0.05, 0.1) is 6.61 Å². The molecule has 2 heteroatoms. The van der Waals surface area contributed by atoms with Crippen LogP contribution in [0, 0.1) is 0 Å². The van der Waals surface area contributed by atoms with E-state index in [1.54, 1.807) is 0 Å². The molecule has 1 atom stereocenters. The van der Waals surface area contributed by atoms with Gasteiger partial charge in [0.2, 0.25) is 0 Å². The van der Waals surface area contributed by atoms with Gasteiger partial charge in [0.15, 0.2) is 0 Å². The smallest absolute Gasteiger partial charge is 0.146 e. The van der Waals surface area contributed by atoms with E-state index in [2.05, 4.69) is 29.6 Å². The predicted octanol–water partition coefficient (Wildman–Crippen LogP) is 1.75. The lowest BCUT2D eigenvalue weighted by Crippen LogP contribution is -2.35. The molecular formula is C11H13NO. The Balaban J connectivity index is 2.11. The molecule has 1 N–H and O–H groups in total. The molecule has 2 aliphatic rings. The van der Waals surface area contributed by atoms with Gasteiger partial charge in [0.25, 0.3) is 0 Å². The molecule has 2 heterocycles. The van der Waals surface area contributed by atoms with E-state index in [0.29, 0.717) is 0 Å². The van der Waals surface area contributed by atoms with Crippen molar-refractivity contribution in [1.29, 1.82) is 0 Å². The molecule has 0 bridgehead atoms. The zero-order chi connectivity index (χ0) is 8.73. The minimum Gasteiger partial charge on any atom is -0.352 e. The average molecular weight is 175 g/mol. The Bertz CT molecular complexity index is 329. The lowest BCUT2D eigenvalue weighted by Gasteiger charge is -2.23. The minimum absolute atomic E-state index is 0.128. The number of hydrogen-bond acceptors (Lipinski definition) is 2. The number of ether oxygens (including phenoxy) is 1. The molecule has 1 aromatic carbocycles. The third kappa shape index (κ3) is 0.960. The molecule has 13 heavy (non-hydrogen) atoms. The van der Waals surface area contributed by atoms with Crippen molar-refractivity contribution in [2.45, 2.75) is 25.2 Å². The summed E-state index contributed by atoms with van der Waals surface area (Å²) in [7, 11) is 0. The molecule has 3 rings (SSSR count). The number of fused-ring (bicyclic) bond motifs is 2. The highest BCUT2D eigenvalue weighted by Crippen LogP contribution is 2.40. The lowest BCUT2D eigenvalue weighted by molar-refractivity contribution is -0.0503. The zero-order valence-electron chi connectivity index (χ0n) is 7.55. The van der Waals surface area contributed by atoms with Gasteiger partial charge in [0, 0.05) is 5.56 Å². The summed E-state index contributed by atoms with van der Waals surface area (Å²) in [5.41, 5.74) is 2.57. The first kappa shape index (κ1) is 7.54. The number of hydrogen-bond donors (Lipinski definition) is 1. The van der Waals surface area contributed by atoms with Crippen LogP contribution in [0.5, 0.6) is 0 Å². The fourth-order valence-corrected chi connectivity index (χ4v) is 2.39. The lowest BCUT2D eigenvalue weighted by atomic mass is 9.99. The van der Waals surface area contributed by atoms with Gasteiger partial charge in [-0.05, 0) is 24.9 Å². The molecule has 68 valence electrons. The van der Waals surface area contributed by atoms with Gasteiger partial charge in [-0.3, -0.25) is 5.32 Å². The summed E-state index contributed by atoms with van der Waals surface area (Å²) >= 11 is 0. The normalized spacial score (nSPS) is 31.1. The van der Waals surface area contributed by atoms with Crippen LogP contribution >= 0.6 is 0 Å². The van der Waals surface area contributed by atoms with Crippen LogP contribution in [-0.2, 0) is 17.1 Å². The maximum absolute atomic E-state index is 5.86. The van der Waals surface area contributed by atoms with Gasteiger partial charge >= 0.3 is 0 Å². The fourth-order valence-electron chi connectivity index (χ4n) is 2.39. The fraction of sp³-hybridized carbons (Fsp3) is 0.455. The molecule has 0 saturated carbocycles. The first-order valence-electron chi connectivity index (χ1n) is 4.88. The molecule has 0 radical (unpaired) electrons. The molecule has 2 nitrogen and oxygen atoms in total. The van der Waals surface area contributed by atoms with Gasteiger partial charge < -0.3 is 4.74 Å². The van der Waals surface area contributed by atoms with E-state index in [0.717, 1.165) is 19.6 Å². The van der Waals surface area contributed by atoms with Crippen molar-refractivity contribution in [2.75, 3.05) is 6.54 Å². The van der Waals surface area contributed by atoms with E-state index < -0.39 is 0 Å². The van der Waals surface area contributed by atoms with Gasteiger partial charge in [0.1, 0.15) is 5.72 Å². The van der Waals surface area contributed by atoms with Crippen LogP contribution in [0.3, 0.4) is 0 Å². The Hall–Kier alpha value is -0.860. The van der Waals surface area contributed by atoms with Gasteiger partial charge in [-0.1, -0.05) is 24.3 Å². The van der Waals surface area contributed by atoms with Crippen LogP contribution in [0.4, 0.5) is 0 Å². The van der Waals surface area contributed by atoms with Gasteiger partial charge in [-0.25, -0.2) is 0 Å². The highest BCUT2D eigenvalue weighted by molar-refractivity contribution is 5.35. The Morgan fingerprint density at radius 3 is 3.08 bits per heavy atom. The van der Waals surface area contributed by atoms with Crippen LogP contribution in [0.1, 0.15) is 24.0 Å². The molecule has 1 spiro atoms. The Morgan fingerprint density at radius 1 is 1.31 bits per heavy atom. The maximum atomic E-state index is 5.86. The van der Waals surface area contributed by atoms with Crippen molar-refractivity contribution in [3.05, 3.63) is 35.4 Å². The summed E-state index contributed by atoms with van der Waals surface area (Å²) in [5, 5.41) is 3.47. The topological polar surface area (TPSA) is 21.3 Å². The molecule has 2 aliphatic heterocycles. The average Bonchev–Trinajstić information content (AvgIpc) is 2.78. The standard InChI is InChI=1S/C11H13NO/c1-2-5-10-9(4-1)8-13-11(10)6-3-7-12-11/h1-2,4-5,12H,3,6-8H2. The minimum atomic E-state index is -0.128. The summed E-state index contributed by atoms with van der Waals surface area (Å²) in [6.07, 6.45) is 2.33. The molecule has 1 fully saturated rings. The number of benzene rings is 1. The van der Waals surface area contributed by atoms with Crippen molar-refractivity contribution in [3.8, 4) is 0 Å². The van der Waals surface area contributed by atoms with E-state index in [1.807, 2.05) is 0 Å². The number of rotatable bonds is 0. The van der Waals surface area contributed by atoms with E-state index in [-0.39, 0.29) is 5.72 Å². The molecule has 0 aromatic heterocycles. The van der Waals surface area contributed by atoms with Crippen LogP contribution in [0.25, 0.3) is 0 Å². The third-order valence-corrected chi connectivity index (χ3v) is 3.04. The molecule has 1 unspecified atom stereocenters. The molecule has 0 aliphatic carbocycles. The van der Waals surface area contributed by atoms with Crippen LogP contribution in [0.2, 0.25) is 0 Å². The largest absolute Gasteiger partial charge is 0.352 e. The monoisotopic (exact) mass is 175 g/mol. The first-order valence-corrected chi connectivity index (χ1v) is 4.88. The van der Waals surface area contributed by atoms with Crippen LogP contribution in [-0.4, -0.2) is 6.54 Å². The summed E-state index contributed by atoms with van der Waals surface area (Å²) in [6.45, 7) is 1.84. The summed E-state index contributed by atoms with van der Waals surface area (Å²) in [4.78, 5) is 0. The SMILES string of the molecule is c1ccc2c(c1)COC21CCCN1.